The van der Waals surface area contributed by atoms with Gasteiger partial charge in [0.05, 0.1) is 4.92 Å². The fourth-order valence-corrected chi connectivity index (χ4v) is 1.87. The molecule has 0 saturated carbocycles. The van der Waals surface area contributed by atoms with Gasteiger partial charge < -0.3 is 10.4 Å². The number of aromatic nitrogens is 2. The molecule has 1 rings (SSSR count). The second kappa shape index (κ2) is 6.66. The molecule has 1 atom stereocenters. The van der Waals surface area contributed by atoms with Crippen molar-refractivity contribution in [3.8, 4) is 0 Å². The highest BCUT2D eigenvalue weighted by Crippen LogP contribution is 2.19. The maximum Gasteiger partial charge on any atom is 0.307 e. The molecule has 21 heavy (non-hydrogen) atoms. The fraction of sp³-hybridized carbons (Fsp3) is 0.692. The second-order valence-corrected chi connectivity index (χ2v) is 5.80. The number of nitrogens with zero attached hydrogens (tertiary/aromatic N) is 3. The smallest absolute Gasteiger partial charge is 0.307 e. The van der Waals surface area contributed by atoms with Crippen LogP contribution in [-0.2, 0) is 10.3 Å². The van der Waals surface area contributed by atoms with E-state index in [1.165, 1.54) is 10.9 Å². The summed E-state index contributed by atoms with van der Waals surface area (Å²) in [5.41, 5.74) is -1.22. The van der Waals surface area contributed by atoms with Gasteiger partial charge in [-0.15, -0.1) is 0 Å². The van der Waals surface area contributed by atoms with Crippen LogP contribution in [0.3, 0.4) is 0 Å². The van der Waals surface area contributed by atoms with E-state index < -0.39 is 10.5 Å². The predicted molar refractivity (Wildman–Crippen MR) is 76.7 cm³/mol. The number of carbonyl (C=O) groups is 1. The van der Waals surface area contributed by atoms with Gasteiger partial charge in [0.2, 0.25) is 5.91 Å². The fourth-order valence-electron chi connectivity index (χ4n) is 1.87. The first-order chi connectivity index (χ1) is 9.70. The van der Waals surface area contributed by atoms with E-state index in [-0.39, 0.29) is 30.2 Å². The van der Waals surface area contributed by atoms with E-state index in [2.05, 4.69) is 10.4 Å². The van der Waals surface area contributed by atoms with Gasteiger partial charge in [0.15, 0.2) is 0 Å². The lowest BCUT2D eigenvalue weighted by Gasteiger charge is -2.29. The minimum Gasteiger partial charge on any atom is -0.396 e. The molecule has 1 heterocycles. The molecule has 0 saturated heterocycles. The third-order valence-electron chi connectivity index (χ3n) is 3.47. The Balaban J connectivity index is 2.89. The highest BCUT2D eigenvalue weighted by Gasteiger charge is 2.33. The highest BCUT2D eigenvalue weighted by atomic mass is 16.6. The van der Waals surface area contributed by atoms with Crippen LogP contribution in [0.2, 0.25) is 0 Å². The van der Waals surface area contributed by atoms with Crippen LogP contribution in [-0.4, -0.2) is 38.4 Å². The summed E-state index contributed by atoms with van der Waals surface area (Å²) >= 11 is 0. The third-order valence-corrected chi connectivity index (χ3v) is 3.47. The Morgan fingerprint density at radius 1 is 1.57 bits per heavy atom. The first kappa shape index (κ1) is 17.1. The molecule has 0 aliphatic heterocycles. The summed E-state index contributed by atoms with van der Waals surface area (Å²) in [6.07, 6.45) is 2.80. The van der Waals surface area contributed by atoms with Gasteiger partial charge in [0, 0.05) is 12.6 Å². The lowest BCUT2D eigenvalue weighted by molar-refractivity contribution is -0.385. The number of hydrogen-bond donors (Lipinski definition) is 2. The van der Waals surface area contributed by atoms with E-state index in [9.17, 15) is 14.9 Å². The molecule has 0 aliphatic rings. The normalized spacial score (nSPS) is 13.2. The number of nitro groups is 1. The van der Waals surface area contributed by atoms with E-state index in [0.29, 0.717) is 6.42 Å². The number of aliphatic hydroxyl groups is 1. The first-order valence-corrected chi connectivity index (χ1v) is 6.81. The zero-order valence-corrected chi connectivity index (χ0v) is 12.7. The molecule has 118 valence electrons. The number of nitrogens with one attached hydrogen (secondary N) is 1. The Morgan fingerprint density at radius 3 is 2.62 bits per heavy atom. The summed E-state index contributed by atoms with van der Waals surface area (Å²) < 4.78 is 1.27. The van der Waals surface area contributed by atoms with Crippen molar-refractivity contribution < 1.29 is 14.8 Å². The Morgan fingerprint density at radius 2 is 2.19 bits per heavy atom. The summed E-state index contributed by atoms with van der Waals surface area (Å²) in [5.74, 6) is -0.128. The topological polar surface area (TPSA) is 110 Å². The molecule has 0 radical (unpaired) electrons. The van der Waals surface area contributed by atoms with Crippen LogP contribution in [0.25, 0.3) is 0 Å². The first-order valence-electron chi connectivity index (χ1n) is 6.81. The Kier molecular flexibility index (Phi) is 5.42. The van der Waals surface area contributed by atoms with E-state index in [1.54, 1.807) is 13.8 Å². The second-order valence-electron chi connectivity index (χ2n) is 5.80. The SMILES string of the molecule is CC(C)C(CCO)NC(=O)C(C)(C)n1cc([N+](=O)[O-])cn1. The molecule has 0 aliphatic carbocycles. The molecule has 0 fully saturated rings. The Labute approximate surface area is 123 Å². The summed E-state index contributed by atoms with van der Waals surface area (Å²) in [4.78, 5) is 22.5. The molecule has 8 nitrogen and oxygen atoms in total. The van der Waals surface area contributed by atoms with Crippen molar-refractivity contribution in [2.45, 2.75) is 45.7 Å². The van der Waals surface area contributed by atoms with Gasteiger partial charge in [0.1, 0.15) is 17.9 Å². The summed E-state index contributed by atoms with van der Waals surface area (Å²) in [6.45, 7) is 7.15. The minimum atomic E-state index is -1.06. The van der Waals surface area contributed by atoms with Gasteiger partial charge in [-0.1, -0.05) is 13.8 Å². The molecule has 8 heteroatoms. The summed E-state index contributed by atoms with van der Waals surface area (Å²) in [5, 5.41) is 26.5. The van der Waals surface area contributed by atoms with Crippen LogP contribution in [0.5, 0.6) is 0 Å². The van der Waals surface area contributed by atoms with Crippen molar-refractivity contribution in [1.29, 1.82) is 0 Å². The van der Waals surface area contributed by atoms with Gasteiger partial charge in [-0.05, 0) is 26.2 Å². The molecular weight excluding hydrogens is 276 g/mol. The summed E-state index contributed by atoms with van der Waals surface area (Å²) in [6, 6.07) is -0.160. The van der Waals surface area contributed by atoms with Crippen molar-refractivity contribution in [3.63, 3.8) is 0 Å². The predicted octanol–water partition coefficient (Wildman–Crippen LogP) is 1.05. The summed E-state index contributed by atoms with van der Waals surface area (Å²) in [7, 11) is 0. The molecule has 1 aromatic heterocycles. The Bertz CT molecular complexity index is 510. The van der Waals surface area contributed by atoms with Gasteiger partial charge in [0.25, 0.3) is 0 Å². The van der Waals surface area contributed by atoms with E-state index in [0.717, 1.165) is 6.20 Å². The molecule has 0 spiro atoms. The molecular formula is C13H22N4O4. The number of aliphatic hydroxyl groups excluding tert-OH is 1. The van der Waals surface area contributed by atoms with Crippen LogP contribution in [0.15, 0.2) is 12.4 Å². The third kappa shape index (κ3) is 4.01. The van der Waals surface area contributed by atoms with Crippen molar-refractivity contribution in [2.75, 3.05) is 6.61 Å². The lowest BCUT2D eigenvalue weighted by Crippen LogP contribution is -2.50. The van der Waals surface area contributed by atoms with Crippen molar-refractivity contribution >= 4 is 11.6 Å². The van der Waals surface area contributed by atoms with E-state index >= 15 is 0 Å². The van der Waals surface area contributed by atoms with Gasteiger partial charge in [-0.25, -0.2) is 0 Å². The van der Waals surface area contributed by atoms with Crippen LogP contribution in [0.1, 0.15) is 34.1 Å². The quantitative estimate of drug-likeness (QED) is 0.577. The zero-order chi connectivity index (χ0) is 16.2. The van der Waals surface area contributed by atoms with Crippen molar-refractivity contribution in [1.82, 2.24) is 15.1 Å². The molecule has 1 aromatic rings. The number of rotatable bonds is 7. The van der Waals surface area contributed by atoms with Crippen LogP contribution < -0.4 is 5.32 Å². The zero-order valence-electron chi connectivity index (χ0n) is 12.7. The lowest BCUT2D eigenvalue weighted by atomic mass is 9.98. The molecule has 1 amide bonds. The average molecular weight is 298 g/mol. The van der Waals surface area contributed by atoms with Crippen molar-refractivity contribution in [3.05, 3.63) is 22.5 Å². The van der Waals surface area contributed by atoms with Gasteiger partial charge in [-0.2, -0.15) is 5.10 Å². The number of amides is 1. The van der Waals surface area contributed by atoms with Gasteiger partial charge in [-0.3, -0.25) is 19.6 Å². The Hall–Kier alpha value is -1.96. The van der Waals surface area contributed by atoms with Crippen LogP contribution in [0, 0.1) is 16.0 Å². The van der Waals surface area contributed by atoms with E-state index in [1.807, 2.05) is 13.8 Å². The standard InChI is InChI=1S/C13H22N4O4/c1-9(2)11(5-6-18)15-12(19)13(3,4)16-8-10(7-14-16)17(20)21/h7-9,11,18H,5-6H2,1-4H3,(H,15,19). The molecule has 1 unspecified atom stereocenters. The van der Waals surface area contributed by atoms with Crippen molar-refractivity contribution in [2.24, 2.45) is 5.92 Å². The maximum atomic E-state index is 12.4. The van der Waals surface area contributed by atoms with Crippen LogP contribution in [0.4, 0.5) is 5.69 Å². The van der Waals surface area contributed by atoms with Crippen LogP contribution >= 0.6 is 0 Å². The maximum absolute atomic E-state index is 12.4. The van der Waals surface area contributed by atoms with Gasteiger partial charge >= 0.3 is 5.69 Å². The largest absolute Gasteiger partial charge is 0.396 e. The number of hydrogen-bond acceptors (Lipinski definition) is 5. The molecule has 0 aromatic carbocycles. The molecule has 2 N–H and O–H groups in total. The monoisotopic (exact) mass is 298 g/mol. The highest BCUT2D eigenvalue weighted by molar-refractivity contribution is 5.83. The minimum absolute atomic E-state index is 0.0171. The molecule has 0 bridgehead atoms. The average Bonchev–Trinajstić information content (AvgIpc) is 2.88. The van der Waals surface area contributed by atoms with E-state index in [4.69, 9.17) is 5.11 Å². The number of carbonyl (C=O) groups excluding carboxylic acids is 1.